The van der Waals surface area contributed by atoms with E-state index in [0.717, 1.165) is 0 Å². The van der Waals surface area contributed by atoms with Gasteiger partial charge in [0.2, 0.25) is 0 Å². The van der Waals surface area contributed by atoms with Crippen molar-refractivity contribution in [2.45, 2.75) is 30.8 Å². The zero-order valence-electron chi connectivity index (χ0n) is 6.67. The number of nitrogens with two attached hydrogens (primary N) is 1. The van der Waals surface area contributed by atoms with E-state index in [1.54, 1.807) is 0 Å². The summed E-state index contributed by atoms with van der Waals surface area (Å²) in [5.41, 5.74) is 5.46. The summed E-state index contributed by atoms with van der Waals surface area (Å²) in [7, 11) is 0. The number of hydrogen-bond donors (Lipinski definition) is 5. The molecule has 1 aliphatic carbocycles. The van der Waals surface area contributed by atoms with Crippen molar-refractivity contribution in [1.29, 1.82) is 0 Å². The van der Waals surface area contributed by atoms with Crippen LogP contribution in [0.4, 0.5) is 0 Å². The van der Waals surface area contributed by atoms with Gasteiger partial charge in [-0.2, -0.15) is 0 Å². The maximum atomic E-state index is 9.30. The van der Waals surface area contributed by atoms with Crippen LogP contribution in [0, 0.1) is 5.92 Å². The van der Waals surface area contributed by atoms with Gasteiger partial charge in [-0.05, 0) is 6.42 Å². The highest BCUT2D eigenvalue weighted by atomic mass is 16.4. The minimum Gasteiger partial charge on any atom is -0.396 e. The van der Waals surface area contributed by atoms with E-state index in [2.05, 4.69) is 0 Å². The summed E-state index contributed by atoms with van der Waals surface area (Å²) in [6, 6.07) is -0.569. The Kier molecular flexibility index (Phi) is 3.03. The first kappa shape index (κ1) is 9.88. The molecule has 5 nitrogen and oxygen atoms in total. The van der Waals surface area contributed by atoms with Gasteiger partial charge in [0.15, 0.2) is 0 Å². The van der Waals surface area contributed by atoms with Gasteiger partial charge in [0.25, 0.3) is 0 Å². The molecule has 1 aliphatic rings. The predicted molar refractivity (Wildman–Crippen MR) is 41.2 cm³/mol. The Hall–Kier alpha value is -0.200. The molecule has 6 N–H and O–H groups in total. The number of rotatable bonds is 1. The van der Waals surface area contributed by atoms with Gasteiger partial charge in [0, 0.05) is 18.6 Å². The van der Waals surface area contributed by atoms with E-state index in [0.29, 0.717) is 6.42 Å². The van der Waals surface area contributed by atoms with Crippen LogP contribution in [0.15, 0.2) is 0 Å². The van der Waals surface area contributed by atoms with E-state index in [4.69, 9.17) is 10.8 Å². The zero-order chi connectivity index (χ0) is 9.30. The second-order valence-corrected chi connectivity index (χ2v) is 3.31. The lowest BCUT2D eigenvalue weighted by Gasteiger charge is -2.38. The van der Waals surface area contributed by atoms with E-state index in [1.165, 1.54) is 0 Å². The fourth-order valence-corrected chi connectivity index (χ4v) is 1.55. The lowest BCUT2D eigenvalue weighted by molar-refractivity contribution is -0.125. The van der Waals surface area contributed by atoms with Crippen LogP contribution >= 0.6 is 0 Å². The molecule has 0 aromatic heterocycles. The summed E-state index contributed by atoms with van der Waals surface area (Å²) in [5, 5.41) is 36.5. The Morgan fingerprint density at radius 2 is 1.67 bits per heavy atom. The molecule has 0 saturated heterocycles. The molecule has 0 aliphatic heterocycles. The van der Waals surface area contributed by atoms with Crippen molar-refractivity contribution in [2.24, 2.45) is 11.7 Å². The van der Waals surface area contributed by atoms with E-state index in [9.17, 15) is 15.3 Å². The van der Waals surface area contributed by atoms with Gasteiger partial charge < -0.3 is 26.2 Å². The normalized spacial score (nSPS) is 49.2. The summed E-state index contributed by atoms with van der Waals surface area (Å²) < 4.78 is 0. The van der Waals surface area contributed by atoms with E-state index < -0.39 is 30.3 Å². The lowest BCUT2D eigenvalue weighted by Crippen LogP contribution is -2.57. The molecule has 5 heteroatoms. The van der Waals surface area contributed by atoms with Crippen LogP contribution < -0.4 is 5.73 Å². The van der Waals surface area contributed by atoms with Gasteiger partial charge in [0.05, 0.1) is 12.2 Å². The van der Waals surface area contributed by atoms with E-state index in [-0.39, 0.29) is 6.61 Å². The number of aliphatic hydroxyl groups is 4. The average molecular weight is 177 g/mol. The molecule has 0 amide bonds. The fraction of sp³-hybridized carbons (Fsp3) is 1.00. The van der Waals surface area contributed by atoms with Crippen LogP contribution in [0.5, 0.6) is 0 Å². The molecule has 1 rings (SSSR count). The summed E-state index contributed by atoms with van der Waals surface area (Å²) in [5.74, 6) is -0.432. The molecular formula is C7H15NO4. The van der Waals surface area contributed by atoms with Crippen LogP contribution in [0.25, 0.3) is 0 Å². The predicted octanol–water partition coefficient (Wildman–Crippen LogP) is -2.59. The molecule has 0 aromatic rings. The largest absolute Gasteiger partial charge is 0.396 e. The minimum atomic E-state index is -1.24. The van der Waals surface area contributed by atoms with E-state index >= 15 is 0 Å². The van der Waals surface area contributed by atoms with Crippen molar-refractivity contribution in [3.05, 3.63) is 0 Å². The van der Waals surface area contributed by atoms with Crippen molar-refractivity contribution in [1.82, 2.24) is 0 Å². The SMILES string of the molecule is N[C@@H]1C[C@H](CO)[C@@H](O)[C@@H](O)[C@H]1O. The van der Waals surface area contributed by atoms with Crippen molar-refractivity contribution < 1.29 is 20.4 Å². The molecule has 0 heterocycles. The molecule has 0 radical (unpaired) electrons. The smallest absolute Gasteiger partial charge is 0.108 e. The highest BCUT2D eigenvalue weighted by molar-refractivity contribution is 4.94. The fourth-order valence-electron chi connectivity index (χ4n) is 1.55. The third-order valence-corrected chi connectivity index (χ3v) is 2.43. The average Bonchev–Trinajstić information content (AvgIpc) is 2.08. The molecule has 0 aromatic carbocycles. The monoisotopic (exact) mass is 177 g/mol. The van der Waals surface area contributed by atoms with Crippen molar-refractivity contribution in [3.63, 3.8) is 0 Å². The molecule has 5 atom stereocenters. The lowest BCUT2D eigenvalue weighted by atomic mass is 9.80. The summed E-state index contributed by atoms with van der Waals surface area (Å²) in [6.45, 7) is -0.224. The first-order valence-corrected chi connectivity index (χ1v) is 3.98. The maximum absolute atomic E-state index is 9.30. The van der Waals surface area contributed by atoms with Crippen LogP contribution in [-0.2, 0) is 0 Å². The second-order valence-electron chi connectivity index (χ2n) is 3.31. The van der Waals surface area contributed by atoms with Crippen LogP contribution in [0.1, 0.15) is 6.42 Å². The molecule has 12 heavy (non-hydrogen) atoms. The third kappa shape index (κ3) is 1.60. The Morgan fingerprint density at radius 3 is 2.17 bits per heavy atom. The first-order chi connectivity index (χ1) is 5.57. The Morgan fingerprint density at radius 1 is 1.08 bits per heavy atom. The molecule has 0 bridgehead atoms. The van der Waals surface area contributed by atoms with Crippen molar-refractivity contribution in [2.75, 3.05) is 6.61 Å². The standard InChI is InChI=1S/C7H15NO4/c8-4-1-3(2-9)5(10)7(12)6(4)11/h3-7,9-12H,1-2,8H2/t3-,4-,5-,6+,7-/m1/s1. The summed E-state index contributed by atoms with van der Waals surface area (Å²) in [6.07, 6.45) is -3.09. The first-order valence-electron chi connectivity index (χ1n) is 3.98. The molecule has 1 fully saturated rings. The van der Waals surface area contributed by atoms with Crippen LogP contribution in [-0.4, -0.2) is 51.4 Å². The van der Waals surface area contributed by atoms with Gasteiger partial charge >= 0.3 is 0 Å². The van der Waals surface area contributed by atoms with E-state index in [1.807, 2.05) is 0 Å². The minimum absolute atomic E-state index is 0.224. The molecule has 72 valence electrons. The van der Waals surface area contributed by atoms with Gasteiger partial charge in [-0.15, -0.1) is 0 Å². The highest BCUT2D eigenvalue weighted by Gasteiger charge is 2.40. The Bertz CT molecular complexity index is 150. The quantitative estimate of drug-likeness (QED) is 0.302. The van der Waals surface area contributed by atoms with Crippen molar-refractivity contribution in [3.8, 4) is 0 Å². The maximum Gasteiger partial charge on any atom is 0.108 e. The van der Waals surface area contributed by atoms with Gasteiger partial charge in [-0.3, -0.25) is 0 Å². The summed E-state index contributed by atoms with van der Waals surface area (Å²) in [4.78, 5) is 0. The zero-order valence-corrected chi connectivity index (χ0v) is 6.67. The number of hydrogen-bond acceptors (Lipinski definition) is 5. The van der Waals surface area contributed by atoms with Gasteiger partial charge in [-0.25, -0.2) is 0 Å². The van der Waals surface area contributed by atoms with Crippen LogP contribution in [0.3, 0.4) is 0 Å². The highest BCUT2D eigenvalue weighted by Crippen LogP contribution is 2.24. The Balaban J connectivity index is 2.63. The van der Waals surface area contributed by atoms with Gasteiger partial charge in [0.1, 0.15) is 6.10 Å². The van der Waals surface area contributed by atoms with Crippen LogP contribution in [0.2, 0.25) is 0 Å². The molecular weight excluding hydrogens is 162 g/mol. The molecule has 1 saturated carbocycles. The second kappa shape index (κ2) is 3.68. The third-order valence-electron chi connectivity index (χ3n) is 2.43. The summed E-state index contributed by atoms with van der Waals surface area (Å²) >= 11 is 0. The van der Waals surface area contributed by atoms with Gasteiger partial charge in [-0.1, -0.05) is 0 Å². The Labute approximate surface area is 70.4 Å². The molecule has 0 unspecified atom stereocenters. The molecule has 0 spiro atoms. The number of aliphatic hydroxyl groups excluding tert-OH is 4. The topological polar surface area (TPSA) is 107 Å². The van der Waals surface area contributed by atoms with Crippen molar-refractivity contribution >= 4 is 0 Å².